The van der Waals surface area contributed by atoms with Gasteiger partial charge < -0.3 is 24.8 Å². The molecule has 0 aliphatic heterocycles. The molecule has 1 unspecified atom stereocenters. The second kappa shape index (κ2) is 11.4. The summed E-state index contributed by atoms with van der Waals surface area (Å²) in [7, 11) is 1.60. The predicted molar refractivity (Wildman–Crippen MR) is 116 cm³/mol. The molecular weight excluding hydrogens is 382 g/mol. The summed E-state index contributed by atoms with van der Waals surface area (Å²) in [5.41, 5.74) is 1.54. The largest absolute Gasteiger partial charge is 0.497 e. The average molecular weight is 409 g/mol. The highest BCUT2D eigenvalue weighted by molar-refractivity contribution is 5.97. The summed E-state index contributed by atoms with van der Waals surface area (Å²) >= 11 is 0. The number of anilines is 1. The molecule has 2 aromatic rings. The first-order chi connectivity index (χ1) is 14.5. The summed E-state index contributed by atoms with van der Waals surface area (Å²) in [4.78, 5) is 12.5. The number of ether oxygens (including phenoxy) is 3. The van der Waals surface area contributed by atoms with E-state index in [1.165, 1.54) is 6.20 Å². The molecule has 0 aliphatic rings. The first kappa shape index (κ1) is 22.6. The van der Waals surface area contributed by atoms with Crippen LogP contribution in [-0.4, -0.2) is 26.2 Å². The van der Waals surface area contributed by atoms with Crippen LogP contribution >= 0.6 is 0 Å². The van der Waals surface area contributed by atoms with Gasteiger partial charge in [0.2, 0.25) is 0 Å². The third-order valence-electron chi connectivity index (χ3n) is 4.26. The Kier molecular flexibility index (Phi) is 8.57. The Morgan fingerprint density at radius 3 is 2.37 bits per heavy atom. The van der Waals surface area contributed by atoms with Crippen molar-refractivity contribution in [2.24, 2.45) is 0 Å². The number of hydrogen-bond donors (Lipinski definition) is 2. The Morgan fingerprint density at radius 1 is 1.10 bits per heavy atom. The smallest absolute Gasteiger partial charge is 0.263 e. The molecule has 0 saturated carbocycles. The van der Waals surface area contributed by atoms with Crippen LogP contribution in [0.4, 0.5) is 5.69 Å². The van der Waals surface area contributed by atoms with Gasteiger partial charge >= 0.3 is 0 Å². The molecule has 7 heteroatoms. The van der Waals surface area contributed by atoms with E-state index in [2.05, 4.69) is 10.6 Å². The Hall–Kier alpha value is -3.66. The number of nitriles is 1. The molecule has 2 N–H and O–H groups in total. The molecule has 0 spiro atoms. The summed E-state index contributed by atoms with van der Waals surface area (Å²) in [5.74, 6) is 1.50. The van der Waals surface area contributed by atoms with Crippen molar-refractivity contribution in [3.63, 3.8) is 0 Å². The summed E-state index contributed by atoms with van der Waals surface area (Å²) in [6.07, 6.45) is 1.38. The number of rotatable bonds is 10. The minimum Gasteiger partial charge on any atom is -0.497 e. The Bertz CT molecular complexity index is 917. The zero-order chi connectivity index (χ0) is 21.9. The SMILES string of the molecule is CCOc1ccc(N/C=C(/C#N)C(=O)NC(C)c2ccc(OC)cc2)cc1OCC. The molecule has 0 aromatic heterocycles. The first-order valence-corrected chi connectivity index (χ1v) is 9.73. The lowest BCUT2D eigenvalue weighted by atomic mass is 10.1. The van der Waals surface area contributed by atoms with Crippen molar-refractivity contribution >= 4 is 11.6 Å². The summed E-state index contributed by atoms with van der Waals surface area (Å²) in [5, 5.41) is 15.2. The van der Waals surface area contributed by atoms with E-state index in [0.29, 0.717) is 30.4 Å². The highest BCUT2D eigenvalue weighted by Crippen LogP contribution is 2.30. The van der Waals surface area contributed by atoms with Crippen LogP contribution in [0.3, 0.4) is 0 Å². The van der Waals surface area contributed by atoms with Gasteiger partial charge in [-0.1, -0.05) is 12.1 Å². The summed E-state index contributed by atoms with van der Waals surface area (Å²) in [6, 6.07) is 14.4. The standard InChI is InChI=1S/C23H27N3O4/c1-5-29-21-12-9-19(13-22(21)30-6-2)25-15-18(14-24)23(27)26-16(3)17-7-10-20(28-4)11-8-17/h7-13,15-16,25H,5-6H2,1-4H3,(H,26,27)/b18-15-. The van der Waals surface area contributed by atoms with E-state index >= 15 is 0 Å². The fourth-order valence-corrected chi connectivity index (χ4v) is 2.70. The summed E-state index contributed by atoms with van der Waals surface area (Å²) in [6.45, 7) is 6.66. The van der Waals surface area contributed by atoms with Crippen LogP contribution in [0, 0.1) is 11.3 Å². The van der Waals surface area contributed by atoms with Gasteiger partial charge in [-0.2, -0.15) is 5.26 Å². The predicted octanol–water partition coefficient (Wildman–Crippen LogP) is 4.19. The number of amides is 1. The van der Waals surface area contributed by atoms with Gasteiger partial charge in [0.1, 0.15) is 17.4 Å². The van der Waals surface area contributed by atoms with Crippen molar-refractivity contribution in [3.8, 4) is 23.3 Å². The molecule has 7 nitrogen and oxygen atoms in total. The van der Waals surface area contributed by atoms with Gasteiger partial charge in [-0.15, -0.1) is 0 Å². The van der Waals surface area contributed by atoms with E-state index < -0.39 is 5.91 Å². The van der Waals surface area contributed by atoms with Crippen molar-refractivity contribution in [1.29, 1.82) is 5.26 Å². The highest BCUT2D eigenvalue weighted by Gasteiger charge is 2.14. The fraction of sp³-hybridized carbons (Fsp3) is 0.304. The minimum atomic E-state index is -0.468. The topological polar surface area (TPSA) is 92.6 Å². The summed E-state index contributed by atoms with van der Waals surface area (Å²) < 4.78 is 16.3. The average Bonchev–Trinajstić information content (AvgIpc) is 2.76. The van der Waals surface area contributed by atoms with Crippen LogP contribution < -0.4 is 24.8 Å². The van der Waals surface area contributed by atoms with Gasteiger partial charge in [-0.3, -0.25) is 4.79 Å². The maximum absolute atomic E-state index is 12.5. The van der Waals surface area contributed by atoms with E-state index in [1.54, 1.807) is 25.3 Å². The van der Waals surface area contributed by atoms with Crippen LogP contribution in [0.15, 0.2) is 54.2 Å². The molecule has 158 valence electrons. The molecule has 2 aromatic carbocycles. The van der Waals surface area contributed by atoms with E-state index in [9.17, 15) is 10.1 Å². The third kappa shape index (κ3) is 6.17. The Balaban J connectivity index is 2.08. The van der Waals surface area contributed by atoms with Crippen LogP contribution in [0.1, 0.15) is 32.4 Å². The van der Waals surface area contributed by atoms with Crippen molar-refractivity contribution in [3.05, 3.63) is 59.8 Å². The monoisotopic (exact) mass is 409 g/mol. The number of hydrogen-bond acceptors (Lipinski definition) is 6. The van der Waals surface area contributed by atoms with Crippen LogP contribution in [0.2, 0.25) is 0 Å². The van der Waals surface area contributed by atoms with Crippen LogP contribution in [0.25, 0.3) is 0 Å². The normalized spacial score (nSPS) is 11.8. The van der Waals surface area contributed by atoms with Crippen molar-refractivity contribution < 1.29 is 19.0 Å². The van der Waals surface area contributed by atoms with E-state index in [1.807, 2.05) is 51.1 Å². The van der Waals surface area contributed by atoms with E-state index in [-0.39, 0.29) is 11.6 Å². The second-order valence-corrected chi connectivity index (χ2v) is 6.31. The molecule has 0 heterocycles. The molecule has 1 amide bonds. The lowest BCUT2D eigenvalue weighted by Crippen LogP contribution is -2.28. The Morgan fingerprint density at radius 2 is 1.77 bits per heavy atom. The van der Waals surface area contributed by atoms with E-state index in [0.717, 1.165) is 11.3 Å². The third-order valence-corrected chi connectivity index (χ3v) is 4.26. The van der Waals surface area contributed by atoms with Crippen molar-refractivity contribution in [2.45, 2.75) is 26.8 Å². The van der Waals surface area contributed by atoms with Gasteiger partial charge in [0.15, 0.2) is 11.5 Å². The molecule has 0 radical (unpaired) electrons. The number of nitrogens with zero attached hydrogens (tertiary/aromatic N) is 1. The van der Waals surface area contributed by atoms with Gasteiger partial charge in [0.05, 0.1) is 26.4 Å². The molecule has 0 fully saturated rings. The minimum absolute atomic E-state index is 0.0396. The molecule has 30 heavy (non-hydrogen) atoms. The lowest BCUT2D eigenvalue weighted by Gasteiger charge is -2.15. The van der Waals surface area contributed by atoms with Crippen molar-refractivity contribution in [1.82, 2.24) is 5.32 Å². The molecule has 2 rings (SSSR count). The maximum Gasteiger partial charge on any atom is 0.263 e. The maximum atomic E-state index is 12.5. The van der Waals surface area contributed by atoms with Gasteiger partial charge in [-0.25, -0.2) is 0 Å². The number of benzene rings is 2. The number of nitrogens with one attached hydrogen (secondary N) is 2. The molecule has 0 saturated heterocycles. The Labute approximate surface area is 177 Å². The number of methoxy groups -OCH3 is 1. The molecule has 0 bridgehead atoms. The van der Waals surface area contributed by atoms with Crippen molar-refractivity contribution in [2.75, 3.05) is 25.6 Å². The van der Waals surface area contributed by atoms with Crippen LogP contribution in [0.5, 0.6) is 17.2 Å². The molecule has 0 aliphatic carbocycles. The first-order valence-electron chi connectivity index (χ1n) is 9.73. The fourth-order valence-electron chi connectivity index (χ4n) is 2.70. The number of carbonyl (C=O) groups is 1. The number of carbonyl (C=O) groups excluding carboxylic acids is 1. The molecule has 1 atom stereocenters. The van der Waals surface area contributed by atoms with E-state index in [4.69, 9.17) is 14.2 Å². The zero-order valence-corrected chi connectivity index (χ0v) is 17.7. The second-order valence-electron chi connectivity index (χ2n) is 6.31. The highest BCUT2D eigenvalue weighted by atomic mass is 16.5. The van der Waals surface area contributed by atoms with Gasteiger partial charge in [0, 0.05) is 18.0 Å². The zero-order valence-electron chi connectivity index (χ0n) is 17.7. The van der Waals surface area contributed by atoms with Gasteiger partial charge in [-0.05, 0) is 50.6 Å². The quantitative estimate of drug-likeness (QED) is 0.452. The van der Waals surface area contributed by atoms with Crippen LogP contribution in [-0.2, 0) is 4.79 Å². The van der Waals surface area contributed by atoms with Gasteiger partial charge in [0.25, 0.3) is 5.91 Å². The lowest BCUT2D eigenvalue weighted by molar-refractivity contribution is -0.117. The molecular formula is C23H27N3O4.